The van der Waals surface area contributed by atoms with E-state index in [2.05, 4.69) is 25.2 Å². The number of aromatic nitrogens is 3. The van der Waals surface area contributed by atoms with Crippen molar-refractivity contribution in [3.8, 4) is 11.1 Å². The van der Waals surface area contributed by atoms with Gasteiger partial charge in [0.1, 0.15) is 23.5 Å². The maximum Gasteiger partial charge on any atom is 0.490 e. The molecule has 0 aliphatic carbocycles. The summed E-state index contributed by atoms with van der Waals surface area (Å²) in [7, 11) is 0. The SMILES string of the molecule is Nc1nc2c(-c3c(Cl)cc4c(N5CCNCC5)ncnc4c3F)ccc(F)c2s1.O=C(O)C(F)(F)F.O=C(O)C(F)(F)F. The van der Waals surface area contributed by atoms with E-state index in [0.29, 0.717) is 16.8 Å². The van der Waals surface area contributed by atoms with Crippen molar-refractivity contribution in [2.75, 3.05) is 36.8 Å². The number of benzene rings is 2. The van der Waals surface area contributed by atoms with Crippen molar-refractivity contribution in [3.63, 3.8) is 0 Å². The first-order valence-electron chi connectivity index (χ1n) is 11.5. The zero-order valence-corrected chi connectivity index (χ0v) is 22.6. The molecule has 0 bridgehead atoms. The minimum atomic E-state index is -5.08. The van der Waals surface area contributed by atoms with E-state index in [9.17, 15) is 30.7 Å². The summed E-state index contributed by atoms with van der Waals surface area (Å²) in [6.07, 6.45) is -8.82. The molecule has 20 heteroatoms. The minimum absolute atomic E-state index is 0.124. The molecule has 1 aliphatic heterocycles. The summed E-state index contributed by atoms with van der Waals surface area (Å²) < 4.78 is 93.5. The Morgan fingerprint density at radius 2 is 1.53 bits per heavy atom. The van der Waals surface area contributed by atoms with Gasteiger partial charge < -0.3 is 26.2 Å². The molecule has 43 heavy (non-hydrogen) atoms. The lowest BCUT2D eigenvalue weighted by molar-refractivity contribution is -0.193. The van der Waals surface area contributed by atoms with E-state index in [4.69, 9.17) is 37.1 Å². The highest BCUT2D eigenvalue weighted by Crippen LogP contribution is 2.42. The number of alkyl halides is 6. The molecule has 0 atom stereocenters. The molecule has 10 nitrogen and oxygen atoms in total. The number of hydrogen-bond acceptors (Lipinski definition) is 9. The third-order valence-corrected chi connectivity index (χ3v) is 6.67. The normalized spacial score (nSPS) is 13.7. The number of carboxylic acids is 2. The van der Waals surface area contributed by atoms with Crippen LogP contribution in [-0.4, -0.2) is 75.6 Å². The number of carbonyl (C=O) groups is 2. The number of carboxylic acid groups (broad SMARTS) is 2. The van der Waals surface area contributed by atoms with E-state index in [0.717, 1.165) is 37.5 Å². The van der Waals surface area contributed by atoms with Crippen LogP contribution in [0.25, 0.3) is 32.2 Å². The van der Waals surface area contributed by atoms with Crippen LogP contribution in [-0.2, 0) is 9.59 Å². The second-order valence-electron chi connectivity index (χ2n) is 8.31. The van der Waals surface area contributed by atoms with Crippen LogP contribution >= 0.6 is 22.9 Å². The highest BCUT2D eigenvalue weighted by Gasteiger charge is 2.39. The summed E-state index contributed by atoms with van der Waals surface area (Å²) in [6.45, 7) is 3.14. The van der Waals surface area contributed by atoms with Gasteiger partial charge in [0, 0.05) is 42.7 Å². The van der Waals surface area contributed by atoms with E-state index in [1.165, 1.54) is 18.5 Å². The number of halogens is 9. The van der Waals surface area contributed by atoms with Gasteiger partial charge in [-0.25, -0.2) is 33.3 Å². The van der Waals surface area contributed by atoms with Gasteiger partial charge in [-0.2, -0.15) is 26.3 Å². The summed E-state index contributed by atoms with van der Waals surface area (Å²) in [5.74, 6) is -5.92. The molecule has 5 rings (SSSR count). The lowest BCUT2D eigenvalue weighted by Gasteiger charge is -2.29. The summed E-state index contributed by atoms with van der Waals surface area (Å²) in [5.41, 5.74) is 6.70. The second kappa shape index (κ2) is 13.0. The standard InChI is InChI=1S/C19H15ClF2N6S.2C2HF3O2/c20-11-7-10-15(25-8-26-18(10)28-5-3-24-4-6-28)14(22)13(11)9-1-2-12(21)17-16(9)27-19(23)29-17;2*3-2(4,5)1(6)7/h1-2,7-8,24H,3-6H2,(H2,23,27);2*(H,6,7). The molecule has 1 aliphatic rings. The van der Waals surface area contributed by atoms with Gasteiger partial charge in [0.05, 0.1) is 15.2 Å². The minimum Gasteiger partial charge on any atom is -0.475 e. The number of hydrogen-bond donors (Lipinski definition) is 4. The highest BCUT2D eigenvalue weighted by atomic mass is 35.5. The van der Waals surface area contributed by atoms with Crippen molar-refractivity contribution in [2.24, 2.45) is 0 Å². The molecular formula is C23H17ClF8N6O4S. The second-order valence-corrected chi connectivity index (χ2v) is 9.75. The number of nitrogens with two attached hydrogens (primary N) is 1. The molecule has 2 aromatic heterocycles. The van der Waals surface area contributed by atoms with Crippen LogP contribution in [0.2, 0.25) is 5.02 Å². The molecular weight excluding hydrogens is 644 g/mol. The maximum absolute atomic E-state index is 15.6. The number of thiazole rings is 1. The molecule has 1 saturated heterocycles. The van der Waals surface area contributed by atoms with Crippen LogP contribution < -0.4 is 16.0 Å². The lowest BCUT2D eigenvalue weighted by Crippen LogP contribution is -2.44. The number of rotatable bonds is 2. The summed E-state index contributed by atoms with van der Waals surface area (Å²) >= 11 is 7.54. The molecule has 0 unspecified atom stereocenters. The van der Waals surface area contributed by atoms with Crippen LogP contribution in [0.3, 0.4) is 0 Å². The molecule has 0 spiro atoms. The predicted molar refractivity (Wildman–Crippen MR) is 140 cm³/mol. The first kappa shape index (κ1) is 33.4. The number of fused-ring (bicyclic) bond motifs is 2. The first-order valence-corrected chi connectivity index (χ1v) is 12.7. The van der Waals surface area contributed by atoms with Crippen LogP contribution in [0.15, 0.2) is 24.5 Å². The Kier molecular flexibility index (Phi) is 10.1. The van der Waals surface area contributed by atoms with Crippen molar-refractivity contribution in [1.29, 1.82) is 0 Å². The Balaban J connectivity index is 0.000000303. The number of piperazine rings is 1. The summed E-state index contributed by atoms with van der Waals surface area (Å²) in [5, 5.41) is 18.4. The van der Waals surface area contributed by atoms with Gasteiger partial charge in [-0.3, -0.25) is 0 Å². The van der Waals surface area contributed by atoms with Gasteiger partial charge in [0.15, 0.2) is 10.9 Å². The van der Waals surface area contributed by atoms with Gasteiger partial charge >= 0.3 is 24.3 Å². The van der Waals surface area contributed by atoms with E-state index in [1.54, 1.807) is 6.07 Å². The summed E-state index contributed by atoms with van der Waals surface area (Å²) in [6, 6.07) is 4.39. The Hall–Kier alpha value is -4.10. The summed E-state index contributed by atoms with van der Waals surface area (Å²) in [4.78, 5) is 32.6. The number of nitrogens with one attached hydrogen (secondary N) is 1. The highest BCUT2D eigenvalue weighted by molar-refractivity contribution is 7.22. The average Bonchev–Trinajstić information content (AvgIpc) is 3.32. The molecule has 0 radical (unpaired) electrons. The quantitative estimate of drug-likeness (QED) is 0.214. The molecule has 2 aromatic carbocycles. The maximum atomic E-state index is 15.6. The zero-order valence-electron chi connectivity index (χ0n) is 21.0. The fourth-order valence-electron chi connectivity index (χ4n) is 3.69. The number of aliphatic carboxylic acids is 2. The van der Waals surface area contributed by atoms with E-state index < -0.39 is 35.9 Å². The van der Waals surface area contributed by atoms with Crippen LogP contribution in [0, 0.1) is 11.6 Å². The van der Waals surface area contributed by atoms with Gasteiger partial charge in [-0.05, 0) is 18.2 Å². The molecule has 0 saturated carbocycles. The number of nitrogens with zero attached hydrogens (tertiary/aromatic N) is 4. The number of anilines is 2. The molecule has 3 heterocycles. The topological polar surface area (TPSA) is 155 Å². The van der Waals surface area contributed by atoms with Crippen LogP contribution in [0.1, 0.15) is 0 Å². The van der Waals surface area contributed by atoms with Gasteiger partial charge in [-0.15, -0.1) is 0 Å². The van der Waals surface area contributed by atoms with Crippen molar-refractivity contribution in [2.45, 2.75) is 12.4 Å². The van der Waals surface area contributed by atoms with E-state index >= 15 is 4.39 Å². The smallest absolute Gasteiger partial charge is 0.475 e. The Morgan fingerprint density at radius 1 is 0.977 bits per heavy atom. The fraction of sp³-hybridized carbons (Fsp3) is 0.261. The van der Waals surface area contributed by atoms with Gasteiger partial charge in [0.2, 0.25) is 0 Å². The first-order chi connectivity index (χ1) is 19.9. The van der Waals surface area contributed by atoms with Gasteiger partial charge in [-0.1, -0.05) is 22.9 Å². The van der Waals surface area contributed by atoms with Crippen molar-refractivity contribution >= 4 is 66.9 Å². The molecule has 4 aromatic rings. The molecule has 0 amide bonds. The predicted octanol–water partition coefficient (Wildman–Crippen LogP) is 5.10. The largest absolute Gasteiger partial charge is 0.490 e. The third-order valence-electron chi connectivity index (χ3n) is 5.48. The lowest BCUT2D eigenvalue weighted by atomic mass is 10.0. The number of nitrogen functional groups attached to an aromatic ring is 1. The van der Waals surface area contributed by atoms with Crippen molar-refractivity contribution in [3.05, 3.63) is 41.2 Å². The Labute approximate surface area is 243 Å². The Bertz CT molecular complexity index is 1640. The zero-order chi connectivity index (χ0) is 32.3. The van der Waals surface area contributed by atoms with Crippen LogP contribution in [0.5, 0.6) is 0 Å². The average molecular weight is 661 g/mol. The molecule has 232 valence electrons. The third kappa shape index (κ3) is 7.85. The Morgan fingerprint density at radius 3 is 2.07 bits per heavy atom. The molecule has 5 N–H and O–H groups in total. The van der Waals surface area contributed by atoms with E-state index in [-0.39, 0.29) is 31.5 Å². The monoisotopic (exact) mass is 660 g/mol. The molecule has 1 fully saturated rings. The van der Waals surface area contributed by atoms with Gasteiger partial charge in [0.25, 0.3) is 0 Å². The van der Waals surface area contributed by atoms with Crippen molar-refractivity contribution < 1.29 is 54.9 Å². The van der Waals surface area contributed by atoms with Crippen LogP contribution in [0.4, 0.5) is 46.1 Å². The van der Waals surface area contributed by atoms with Crippen molar-refractivity contribution in [1.82, 2.24) is 20.3 Å². The van der Waals surface area contributed by atoms with E-state index in [1.807, 2.05) is 0 Å². The fourth-order valence-corrected chi connectivity index (χ4v) is 4.74.